The van der Waals surface area contributed by atoms with Gasteiger partial charge < -0.3 is 14.8 Å². The van der Waals surface area contributed by atoms with Gasteiger partial charge in [-0.3, -0.25) is 0 Å². The van der Waals surface area contributed by atoms with E-state index in [1.54, 1.807) is 7.11 Å². The van der Waals surface area contributed by atoms with Crippen LogP contribution in [-0.4, -0.2) is 55.6 Å². The van der Waals surface area contributed by atoms with Crippen LogP contribution in [0.1, 0.15) is 16.9 Å². The van der Waals surface area contributed by atoms with E-state index in [2.05, 4.69) is 4.98 Å². The topological polar surface area (TPSA) is 99.7 Å². The predicted octanol–water partition coefficient (Wildman–Crippen LogP) is 0.680. The summed E-state index contributed by atoms with van der Waals surface area (Å²) in [5, 5.41) is 8.80. The first-order chi connectivity index (χ1) is 9.45. The molecule has 2 heterocycles. The summed E-state index contributed by atoms with van der Waals surface area (Å²) in [6.45, 7) is 1.14. The van der Waals surface area contributed by atoms with E-state index in [4.69, 9.17) is 9.84 Å². The maximum atomic E-state index is 12.3. The van der Waals surface area contributed by atoms with Crippen LogP contribution in [0.3, 0.4) is 0 Å². The molecule has 0 bridgehead atoms. The minimum Gasteiger partial charge on any atom is -0.477 e. The van der Waals surface area contributed by atoms with Crippen molar-refractivity contribution in [1.82, 2.24) is 9.29 Å². The molecule has 2 N–H and O–H groups in total. The average Bonchev–Trinajstić information content (AvgIpc) is 2.90. The van der Waals surface area contributed by atoms with Gasteiger partial charge in [-0.2, -0.15) is 4.31 Å². The van der Waals surface area contributed by atoms with Crippen molar-refractivity contribution < 1.29 is 23.1 Å². The summed E-state index contributed by atoms with van der Waals surface area (Å²) in [6.07, 6.45) is 3.64. The number of hydrogen-bond donors (Lipinski definition) is 2. The Hall–Kier alpha value is -1.64. The highest BCUT2D eigenvalue weighted by molar-refractivity contribution is 7.89. The van der Waals surface area contributed by atoms with Crippen LogP contribution >= 0.6 is 0 Å². The lowest BCUT2D eigenvalue weighted by Gasteiger charge is -2.25. The molecule has 0 amide bonds. The molecule has 8 heteroatoms. The zero-order valence-electron chi connectivity index (χ0n) is 11.0. The van der Waals surface area contributed by atoms with Crippen LogP contribution in [-0.2, 0) is 14.8 Å². The lowest BCUT2D eigenvalue weighted by molar-refractivity contribution is 0.0691. The number of ether oxygens (including phenoxy) is 1. The number of aromatic amines is 1. The molecule has 1 aliphatic heterocycles. The van der Waals surface area contributed by atoms with Crippen LogP contribution in [0.15, 0.2) is 28.8 Å². The summed E-state index contributed by atoms with van der Waals surface area (Å²) < 4.78 is 31.0. The number of carbonyl (C=O) groups is 1. The van der Waals surface area contributed by atoms with E-state index in [9.17, 15) is 13.2 Å². The molecule has 1 aromatic heterocycles. The van der Waals surface area contributed by atoms with Gasteiger partial charge in [0.2, 0.25) is 10.0 Å². The van der Waals surface area contributed by atoms with Crippen molar-refractivity contribution in [2.75, 3.05) is 26.8 Å². The number of nitrogens with one attached hydrogen (secondary N) is 1. The molecule has 110 valence electrons. The van der Waals surface area contributed by atoms with Crippen LogP contribution < -0.4 is 0 Å². The van der Waals surface area contributed by atoms with Gasteiger partial charge in [0.15, 0.2) is 0 Å². The maximum Gasteiger partial charge on any atom is 0.352 e. The molecule has 0 aliphatic carbocycles. The van der Waals surface area contributed by atoms with Gasteiger partial charge in [0.05, 0.1) is 6.61 Å². The SMILES string of the molecule is COCC1=CCN(S(=O)(=O)c2c[nH]c(C(=O)O)c2)CC1. The number of rotatable bonds is 5. The maximum absolute atomic E-state index is 12.3. The summed E-state index contributed by atoms with van der Waals surface area (Å²) >= 11 is 0. The van der Waals surface area contributed by atoms with E-state index in [0.29, 0.717) is 19.6 Å². The fourth-order valence-corrected chi connectivity index (χ4v) is 3.40. The van der Waals surface area contributed by atoms with E-state index in [-0.39, 0.29) is 17.1 Å². The van der Waals surface area contributed by atoms with Gasteiger partial charge in [-0.1, -0.05) is 6.08 Å². The number of carboxylic acids is 1. The highest BCUT2D eigenvalue weighted by Crippen LogP contribution is 2.21. The third-order valence-electron chi connectivity index (χ3n) is 3.12. The van der Waals surface area contributed by atoms with Gasteiger partial charge in [0.1, 0.15) is 10.6 Å². The summed E-state index contributed by atoms with van der Waals surface area (Å²) in [4.78, 5) is 13.2. The molecule has 0 unspecified atom stereocenters. The normalized spacial score (nSPS) is 16.9. The Kier molecular flexibility index (Phi) is 4.26. The van der Waals surface area contributed by atoms with Crippen molar-refractivity contribution in [3.8, 4) is 0 Å². The van der Waals surface area contributed by atoms with Gasteiger partial charge >= 0.3 is 5.97 Å². The zero-order valence-corrected chi connectivity index (χ0v) is 11.8. The van der Waals surface area contributed by atoms with Gasteiger partial charge in [0, 0.05) is 26.4 Å². The predicted molar refractivity (Wildman–Crippen MR) is 71.1 cm³/mol. The molecule has 7 nitrogen and oxygen atoms in total. The fraction of sp³-hybridized carbons (Fsp3) is 0.417. The summed E-state index contributed by atoms with van der Waals surface area (Å²) in [5.41, 5.74) is 0.926. The number of sulfonamides is 1. The number of H-pyrrole nitrogens is 1. The zero-order chi connectivity index (χ0) is 14.8. The number of aromatic carboxylic acids is 1. The van der Waals surface area contributed by atoms with E-state index in [0.717, 1.165) is 11.6 Å². The second kappa shape index (κ2) is 5.78. The van der Waals surface area contributed by atoms with Crippen molar-refractivity contribution in [2.45, 2.75) is 11.3 Å². The Labute approximate surface area is 116 Å². The van der Waals surface area contributed by atoms with Crippen LogP contribution in [0.4, 0.5) is 0 Å². The Bertz CT molecular complexity index is 632. The fourth-order valence-electron chi connectivity index (χ4n) is 2.02. The second-order valence-corrected chi connectivity index (χ2v) is 6.40. The highest BCUT2D eigenvalue weighted by atomic mass is 32.2. The van der Waals surface area contributed by atoms with Crippen molar-refractivity contribution in [1.29, 1.82) is 0 Å². The number of aromatic nitrogens is 1. The molecular formula is C12H16N2O5S. The average molecular weight is 300 g/mol. The van der Waals surface area contributed by atoms with Gasteiger partial charge in [-0.15, -0.1) is 0 Å². The molecule has 0 saturated carbocycles. The largest absolute Gasteiger partial charge is 0.477 e. The van der Waals surface area contributed by atoms with Crippen molar-refractivity contribution in [2.24, 2.45) is 0 Å². The number of nitrogens with zero attached hydrogens (tertiary/aromatic N) is 1. The molecule has 0 saturated heterocycles. The molecule has 20 heavy (non-hydrogen) atoms. The van der Waals surface area contributed by atoms with E-state index >= 15 is 0 Å². The lowest BCUT2D eigenvalue weighted by Crippen LogP contribution is -2.35. The molecule has 1 aliphatic rings. The van der Waals surface area contributed by atoms with Crippen molar-refractivity contribution in [3.63, 3.8) is 0 Å². The van der Waals surface area contributed by atoms with Gasteiger partial charge in [-0.25, -0.2) is 13.2 Å². The third-order valence-corrected chi connectivity index (χ3v) is 4.96. The first kappa shape index (κ1) is 14.8. The van der Waals surface area contributed by atoms with Crippen molar-refractivity contribution >= 4 is 16.0 Å². The first-order valence-electron chi connectivity index (χ1n) is 6.04. The monoisotopic (exact) mass is 300 g/mol. The number of methoxy groups -OCH3 is 1. The quantitative estimate of drug-likeness (QED) is 0.779. The number of hydrogen-bond acceptors (Lipinski definition) is 4. The van der Waals surface area contributed by atoms with Gasteiger partial charge in [-0.05, 0) is 18.1 Å². The highest BCUT2D eigenvalue weighted by Gasteiger charge is 2.27. The lowest BCUT2D eigenvalue weighted by atomic mass is 10.1. The summed E-state index contributed by atoms with van der Waals surface area (Å²) in [7, 11) is -2.07. The second-order valence-electron chi connectivity index (χ2n) is 4.46. The van der Waals surface area contributed by atoms with Crippen LogP contribution in [0.25, 0.3) is 0 Å². The van der Waals surface area contributed by atoms with Gasteiger partial charge in [0.25, 0.3) is 0 Å². The molecule has 1 aromatic rings. The van der Waals surface area contributed by atoms with E-state index in [1.165, 1.54) is 10.5 Å². The van der Waals surface area contributed by atoms with Crippen LogP contribution in [0, 0.1) is 0 Å². The van der Waals surface area contributed by atoms with Crippen LogP contribution in [0.2, 0.25) is 0 Å². The van der Waals surface area contributed by atoms with Crippen LogP contribution in [0.5, 0.6) is 0 Å². The molecule has 0 spiro atoms. The Morgan fingerprint density at radius 3 is 2.80 bits per heavy atom. The minimum atomic E-state index is -3.66. The summed E-state index contributed by atoms with van der Waals surface area (Å²) in [5.74, 6) is -1.19. The summed E-state index contributed by atoms with van der Waals surface area (Å²) in [6, 6.07) is 1.13. The van der Waals surface area contributed by atoms with E-state index in [1.807, 2.05) is 6.08 Å². The molecule has 0 aromatic carbocycles. The van der Waals surface area contributed by atoms with E-state index < -0.39 is 16.0 Å². The number of carboxylic acid groups (broad SMARTS) is 1. The first-order valence-corrected chi connectivity index (χ1v) is 7.48. The third kappa shape index (κ3) is 2.92. The Morgan fingerprint density at radius 2 is 2.30 bits per heavy atom. The molecule has 2 rings (SSSR count). The molecule has 0 atom stereocenters. The molecular weight excluding hydrogens is 284 g/mol. The smallest absolute Gasteiger partial charge is 0.352 e. The Balaban J connectivity index is 2.17. The minimum absolute atomic E-state index is 0.0292. The standard InChI is InChI=1S/C12H16N2O5S/c1-19-8-9-2-4-14(5-3-9)20(17,18)10-6-11(12(15)16)13-7-10/h2,6-7,13H,3-5,8H2,1H3,(H,15,16). The molecule has 0 fully saturated rings. The van der Waals surface area contributed by atoms with Crippen molar-refractivity contribution in [3.05, 3.63) is 29.6 Å². The Morgan fingerprint density at radius 1 is 1.55 bits per heavy atom. The molecule has 0 radical (unpaired) electrons.